The zero-order chi connectivity index (χ0) is 21.3. The van der Waals surface area contributed by atoms with Crippen LogP contribution in [-0.2, 0) is 15.1 Å². The molecule has 4 rings (SSSR count). The lowest BCUT2D eigenvalue weighted by molar-refractivity contribution is -0.133. The SMILES string of the molecule is Cc1nc(-c2ccc(NC(=O)CN3C(=O)N[C@](C)(c4ccccc4)C3=O)cc2)cs1. The molecule has 8 heteroatoms. The van der Waals surface area contributed by atoms with E-state index in [4.69, 9.17) is 0 Å². The van der Waals surface area contributed by atoms with E-state index in [0.717, 1.165) is 21.2 Å². The van der Waals surface area contributed by atoms with Crippen LogP contribution in [0.15, 0.2) is 60.0 Å². The number of aromatic nitrogens is 1. The van der Waals surface area contributed by atoms with Gasteiger partial charge in [-0.1, -0.05) is 42.5 Å². The number of aryl methyl sites for hydroxylation is 1. The number of benzene rings is 2. The maximum absolute atomic E-state index is 12.9. The van der Waals surface area contributed by atoms with E-state index in [2.05, 4.69) is 15.6 Å². The van der Waals surface area contributed by atoms with Crippen molar-refractivity contribution >= 4 is 34.9 Å². The van der Waals surface area contributed by atoms with Crippen molar-refractivity contribution in [2.24, 2.45) is 0 Å². The molecule has 1 aliphatic heterocycles. The summed E-state index contributed by atoms with van der Waals surface area (Å²) < 4.78 is 0. The molecular weight excluding hydrogens is 400 g/mol. The Morgan fingerprint density at radius 2 is 1.83 bits per heavy atom. The number of carbonyl (C=O) groups excluding carboxylic acids is 3. The minimum Gasteiger partial charge on any atom is -0.325 e. The maximum Gasteiger partial charge on any atom is 0.325 e. The van der Waals surface area contributed by atoms with Crippen molar-refractivity contribution in [1.29, 1.82) is 0 Å². The fourth-order valence-electron chi connectivity index (χ4n) is 3.37. The topological polar surface area (TPSA) is 91.4 Å². The predicted octanol–water partition coefficient (Wildman–Crippen LogP) is 3.52. The highest BCUT2D eigenvalue weighted by Gasteiger charge is 2.49. The van der Waals surface area contributed by atoms with Gasteiger partial charge < -0.3 is 10.6 Å². The summed E-state index contributed by atoms with van der Waals surface area (Å²) in [6, 6.07) is 15.6. The van der Waals surface area contributed by atoms with E-state index >= 15 is 0 Å². The first-order valence-electron chi connectivity index (χ1n) is 9.39. The van der Waals surface area contributed by atoms with E-state index in [9.17, 15) is 14.4 Å². The maximum atomic E-state index is 12.9. The van der Waals surface area contributed by atoms with Crippen LogP contribution in [0.3, 0.4) is 0 Å². The number of anilines is 1. The highest BCUT2D eigenvalue weighted by atomic mass is 32.1. The van der Waals surface area contributed by atoms with Gasteiger partial charge >= 0.3 is 6.03 Å². The summed E-state index contributed by atoms with van der Waals surface area (Å²) in [5, 5.41) is 8.39. The first-order valence-corrected chi connectivity index (χ1v) is 10.3. The second-order valence-electron chi connectivity index (χ2n) is 7.19. The fourth-order valence-corrected chi connectivity index (χ4v) is 3.99. The molecule has 152 valence electrons. The van der Waals surface area contributed by atoms with Crippen molar-refractivity contribution in [3.05, 3.63) is 70.5 Å². The van der Waals surface area contributed by atoms with E-state index in [0.29, 0.717) is 11.3 Å². The van der Waals surface area contributed by atoms with Gasteiger partial charge in [0, 0.05) is 16.6 Å². The number of hydrogen-bond acceptors (Lipinski definition) is 5. The van der Waals surface area contributed by atoms with Gasteiger partial charge in [-0.3, -0.25) is 14.5 Å². The number of nitrogens with one attached hydrogen (secondary N) is 2. The summed E-state index contributed by atoms with van der Waals surface area (Å²) in [7, 11) is 0. The van der Waals surface area contributed by atoms with Crippen LogP contribution in [-0.4, -0.2) is 34.3 Å². The van der Waals surface area contributed by atoms with Crippen LogP contribution in [0.4, 0.5) is 10.5 Å². The highest BCUT2D eigenvalue weighted by molar-refractivity contribution is 7.09. The summed E-state index contributed by atoms with van der Waals surface area (Å²) in [4.78, 5) is 43.1. The number of hydrogen-bond donors (Lipinski definition) is 2. The van der Waals surface area contributed by atoms with Crippen molar-refractivity contribution < 1.29 is 14.4 Å². The minimum atomic E-state index is -1.19. The molecule has 0 bridgehead atoms. The van der Waals surface area contributed by atoms with E-state index < -0.39 is 23.4 Å². The second-order valence-corrected chi connectivity index (χ2v) is 8.25. The van der Waals surface area contributed by atoms with E-state index in [1.807, 2.05) is 30.5 Å². The van der Waals surface area contributed by atoms with Crippen molar-refractivity contribution in [2.45, 2.75) is 19.4 Å². The molecular formula is C22H20N4O3S. The van der Waals surface area contributed by atoms with E-state index in [1.54, 1.807) is 54.7 Å². The number of rotatable bonds is 5. The van der Waals surface area contributed by atoms with Crippen LogP contribution >= 0.6 is 11.3 Å². The van der Waals surface area contributed by atoms with Gasteiger partial charge in [-0.2, -0.15) is 0 Å². The summed E-state index contributed by atoms with van der Waals surface area (Å²) in [6.07, 6.45) is 0. The summed E-state index contributed by atoms with van der Waals surface area (Å²) in [6.45, 7) is 3.22. The molecule has 7 nitrogen and oxygen atoms in total. The molecule has 0 saturated carbocycles. The molecule has 2 heterocycles. The molecule has 1 fully saturated rings. The molecule has 30 heavy (non-hydrogen) atoms. The number of urea groups is 1. The lowest BCUT2D eigenvalue weighted by Gasteiger charge is -2.22. The Labute approximate surface area is 177 Å². The molecule has 3 aromatic rings. The molecule has 1 saturated heterocycles. The Morgan fingerprint density at radius 1 is 1.13 bits per heavy atom. The molecule has 0 aliphatic carbocycles. The number of amides is 4. The molecule has 2 N–H and O–H groups in total. The predicted molar refractivity (Wildman–Crippen MR) is 115 cm³/mol. The Balaban J connectivity index is 1.43. The highest BCUT2D eigenvalue weighted by Crippen LogP contribution is 2.28. The summed E-state index contributed by atoms with van der Waals surface area (Å²) >= 11 is 1.57. The first kappa shape index (κ1) is 19.8. The van der Waals surface area contributed by atoms with Crippen LogP contribution in [0.25, 0.3) is 11.3 Å². The lowest BCUT2D eigenvalue weighted by atomic mass is 9.92. The number of thiazole rings is 1. The number of nitrogens with zero attached hydrogens (tertiary/aromatic N) is 2. The molecule has 2 aromatic carbocycles. The van der Waals surface area contributed by atoms with Crippen LogP contribution in [0.2, 0.25) is 0 Å². The molecule has 4 amide bonds. The van der Waals surface area contributed by atoms with Gasteiger partial charge in [0.1, 0.15) is 12.1 Å². The molecule has 1 atom stereocenters. The van der Waals surface area contributed by atoms with Gasteiger partial charge in [0.2, 0.25) is 5.91 Å². The van der Waals surface area contributed by atoms with E-state index in [1.165, 1.54) is 0 Å². The molecule has 0 unspecified atom stereocenters. The third-order valence-electron chi connectivity index (χ3n) is 5.01. The summed E-state index contributed by atoms with van der Waals surface area (Å²) in [5.41, 5.74) is 1.89. The largest absolute Gasteiger partial charge is 0.325 e. The van der Waals surface area contributed by atoms with Gasteiger partial charge in [0.15, 0.2) is 0 Å². The third-order valence-corrected chi connectivity index (χ3v) is 5.78. The summed E-state index contributed by atoms with van der Waals surface area (Å²) in [5.74, 6) is -0.906. The lowest BCUT2D eigenvalue weighted by Crippen LogP contribution is -2.42. The molecule has 0 radical (unpaired) electrons. The van der Waals surface area contributed by atoms with Gasteiger partial charge in [0.25, 0.3) is 5.91 Å². The number of carbonyl (C=O) groups is 3. The normalized spacial score (nSPS) is 18.4. The Kier molecular flexibility index (Phi) is 5.09. The van der Waals surface area contributed by atoms with Crippen LogP contribution in [0, 0.1) is 6.92 Å². The van der Waals surface area contributed by atoms with Crippen molar-refractivity contribution in [1.82, 2.24) is 15.2 Å². The number of imide groups is 1. The monoisotopic (exact) mass is 420 g/mol. The fraction of sp³-hybridized carbons (Fsp3) is 0.182. The van der Waals surface area contributed by atoms with Crippen molar-refractivity contribution in [2.75, 3.05) is 11.9 Å². The average Bonchev–Trinajstić information content (AvgIpc) is 3.26. The Bertz CT molecular complexity index is 1110. The third kappa shape index (κ3) is 3.69. The van der Waals surface area contributed by atoms with Crippen molar-refractivity contribution in [3.8, 4) is 11.3 Å². The standard InChI is InChI=1S/C22H20N4O3S/c1-14-23-18(13-30-14)15-8-10-17(11-9-15)24-19(27)12-26-20(28)22(2,25-21(26)29)16-6-4-3-5-7-16/h3-11,13H,12H2,1-2H3,(H,24,27)(H,25,29)/t22-/m1/s1. The molecule has 1 aliphatic rings. The van der Waals surface area contributed by atoms with Crippen LogP contribution in [0.5, 0.6) is 0 Å². The van der Waals surface area contributed by atoms with Gasteiger partial charge in [-0.25, -0.2) is 9.78 Å². The van der Waals surface area contributed by atoms with E-state index in [-0.39, 0.29) is 6.54 Å². The molecule has 0 spiro atoms. The zero-order valence-electron chi connectivity index (χ0n) is 16.5. The first-order chi connectivity index (χ1) is 14.4. The smallest absolute Gasteiger partial charge is 0.325 e. The Morgan fingerprint density at radius 3 is 2.47 bits per heavy atom. The second kappa shape index (κ2) is 7.72. The van der Waals surface area contributed by atoms with Crippen molar-refractivity contribution in [3.63, 3.8) is 0 Å². The van der Waals surface area contributed by atoms with Crippen LogP contribution in [0.1, 0.15) is 17.5 Å². The Hall–Kier alpha value is -3.52. The quantitative estimate of drug-likeness (QED) is 0.618. The zero-order valence-corrected chi connectivity index (χ0v) is 17.3. The molecule has 1 aromatic heterocycles. The average molecular weight is 420 g/mol. The van der Waals surface area contributed by atoms with Gasteiger partial charge in [-0.05, 0) is 31.5 Å². The minimum absolute atomic E-state index is 0.361. The van der Waals surface area contributed by atoms with Gasteiger partial charge in [0.05, 0.1) is 10.7 Å². The van der Waals surface area contributed by atoms with Crippen LogP contribution < -0.4 is 10.6 Å². The van der Waals surface area contributed by atoms with Gasteiger partial charge in [-0.15, -0.1) is 11.3 Å².